The molecule has 0 unspecified atom stereocenters. The van der Waals surface area contributed by atoms with E-state index in [2.05, 4.69) is 20.2 Å². The maximum absolute atomic E-state index is 12.0. The molecule has 8 nitrogen and oxygen atoms in total. The van der Waals surface area contributed by atoms with E-state index in [1.54, 1.807) is 24.3 Å². The summed E-state index contributed by atoms with van der Waals surface area (Å²) in [6.45, 7) is 1.95. The average Bonchev–Trinajstić information content (AvgIpc) is 3.08. The molecule has 2 N–H and O–H groups in total. The summed E-state index contributed by atoms with van der Waals surface area (Å²) < 4.78 is 30.4. The van der Waals surface area contributed by atoms with Gasteiger partial charge in [-0.25, -0.2) is 8.42 Å². The lowest BCUT2D eigenvalue weighted by atomic mass is 10.2. The van der Waals surface area contributed by atoms with Gasteiger partial charge in [0, 0.05) is 16.9 Å². The number of amides is 1. The first-order valence-electron chi connectivity index (χ1n) is 8.19. The van der Waals surface area contributed by atoms with Gasteiger partial charge in [-0.3, -0.25) is 9.52 Å². The van der Waals surface area contributed by atoms with Gasteiger partial charge in [0.1, 0.15) is 0 Å². The molecule has 2 aromatic carbocycles. The molecule has 1 aromatic heterocycles. The first-order valence-corrected chi connectivity index (χ1v) is 11.1. The molecule has 1 amide bonds. The van der Waals surface area contributed by atoms with Crippen molar-refractivity contribution in [1.29, 1.82) is 0 Å². The van der Waals surface area contributed by atoms with Gasteiger partial charge in [0.05, 0.1) is 12.0 Å². The van der Waals surface area contributed by atoms with Gasteiger partial charge in [0.25, 0.3) is 5.22 Å². The van der Waals surface area contributed by atoms with Crippen LogP contribution in [0.2, 0.25) is 0 Å². The fourth-order valence-electron chi connectivity index (χ4n) is 2.33. The Morgan fingerprint density at radius 2 is 1.86 bits per heavy atom. The van der Waals surface area contributed by atoms with E-state index in [0.717, 1.165) is 29.3 Å². The lowest BCUT2D eigenvalue weighted by molar-refractivity contribution is -0.113. The number of rotatable bonds is 7. The predicted molar refractivity (Wildman–Crippen MR) is 109 cm³/mol. The Balaban J connectivity index is 1.57. The molecule has 0 fully saturated rings. The molecule has 3 rings (SSSR count). The normalized spacial score (nSPS) is 11.2. The number of carbonyl (C=O) groups is 1. The molecule has 1 heterocycles. The van der Waals surface area contributed by atoms with Gasteiger partial charge in [-0.15, -0.1) is 10.2 Å². The van der Waals surface area contributed by atoms with Crippen LogP contribution in [0.1, 0.15) is 5.56 Å². The van der Waals surface area contributed by atoms with Crippen LogP contribution in [0, 0.1) is 6.92 Å². The number of anilines is 2. The second kappa shape index (κ2) is 8.44. The summed E-state index contributed by atoms with van der Waals surface area (Å²) in [4.78, 5) is 12.0. The minimum atomic E-state index is -3.33. The van der Waals surface area contributed by atoms with Crippen LogP contribution in [0.25, 0.3) is 11.5 Å². The van der Waals surface area contributed by atoms with Gasteiger partial charge in [-0.05, 0) is 48.9 Å². The molecular weight excluding hydrogens is 400 g/mol. The van der Waals surface area contributed by atoms with Crippen LogP contribution in [-0.4, -0.2) is 36.5 Å². The minimum absolute atomic E-state index is 0.132. The third-order valence-electron chi connectivity index (χ3n) is 3.47. The summed E-state index contributed by atoms with van der Waals surface area (Å²) >= 11 is 1.13. The second-order valence-corrected chi connectivity index (χ2v) is 8.71. The van der Waals surface area contributed by atoms with Crippen molar-refractivity contribution in [3.05, 3.63) is 54.1 Å². The van der Waals surface area contributed by atoms with Crippen LogP contribution < -0.4 is 10.0 Å². The van der Waals surface area contributed by atoms with Crippen molar-refractivity contribution in [3.8, 4) is 11.5 Å². The topological polar surface area (TPSA) is 114 Å². The van der Waals surface area contributed by atoms with E-state index in [-0.39, 0.29) is 22.8 Å². The summed E-state index contributed by atoms with van der Waals surface area (Å²) in [6, 6.07) is 14.1. The molecule has 0 radical (unpaired) electrons. The highest BCUT2D eigenvalue weighted by Crippen LogP contribution is 2.24. The molecule has 10 heteroatoms. The minimum Gasteiger partial charge on any atom is -0.411 e. The molecular formula is C18H18N4O4S2. The molecule has 0 aliphatic rings. The average molecular weight is 419 g/mol. The van der Waals surface area contributed by atoms with Gasteiger partial charge in [-0.1, -0.05) is 23.9 Å². The number of hydrogen-bond acceptors (Lipinski definition) is 7. The number of carbonyl (C=O) groups excluding carboxylic acids is 1. The third-order valence-corrected chi connectivity index (χ3v) is 4.90. The smallest absolute Gasteiger partial charge is 0.277 e. The van der Waals surface area contributed by atoms with Crippen molar-refractivity contribution >= 4 is 39.1 Å². The number of hydrogen-bond donors (Lipinski definition) is 2. The Kier molecular flexibility index (Phi) is 6.00. The van der Waals surface area contributed by atoms with Gasteiger partial charge in [0.2, 0.25) is 21.8 Å². The molecule has 0 saturated carbocycles. The van der Waals surface area contributed by atoms with Crippen molar-refractivity contribution in [3.63, 3.8) is 0 Å². The fourth-order valence-corrected chi connectivity index (χ4v) is 3.45. The lowest BCUT2D eigenvalue weighted by Gasteiger charge is -2.04. The van der Waals surface area contributed by atoms with Gasteiger partial charge < -0.3 is 9.73 Å². The van der Waals surface area contributed by atoms with E-state index in [0.29, 0.717) is 11.3 Å². The second-order valence-electron chi connectivity index (χ2n) is 6.03. The summed E-state index contributed by atoms with van der Waals surface area (Å²) in [5.41, 5.74) is 2.88. The van der Waals surface area contributed by atoms with E-state index in [1.807, 2.05) is 31.2 Å². The lowest BCUT2D eigenvalue weighted by Crippen LogP contribution is -2.13. The maximum Gasteiger partial charge on any atom is 0.277 e. The van der Waals surface area contributed by atoms with E-state index >= 15 is 0 Å². The van der Waals surface area contributed by atoms with Crippen molar-refractivity contribution in [2.24, 2.45) is 0 Å². The fraction of sp³-hybridized carbons (Fsp3) is 0.167. The van der Waals surface area contributed by atoms with E-state index in [1.165, 1.54) is 0 Å². The Bertz CT molecular complexity index is 1080. The molecule has 3 aromatic rings. The quantitative estimate of drug-likeness (QED) is 0.567. The highest BCUT2D eigenvalue weighted by Gasteiger charge is 2.12. The maximum atomic E-state index is 12.0. The highest BCUT2D eigenvalue weighted by molar-refractivity contribution is 7.99. The number of nitrogens with zero attached hydrogens (tertiary/aromatic N) is 2. The Hall–Kier alpha value is -2.85. The van der Waals surface area contributed by atoms with Crippen molar-refractivity contribution in [2.75, 3.05) is 22.0 Å². The zero-order valence-electron chi connectivity index (χ0n) is 15.2. The SMILES string of the molecule is Cc1cccc(NC(=O)CSc2nnc(-c3ccc(NS(C)(=O)=O)cc3)o2)c1. The zero-order chi connectivity index (χ0) is 20.1. The molecule has 0 aliphatic heterocycles. The van der Waals surface area contributed by atoms with Crippen molar-refractivity contribution < 1.29 is 17.6 Å². The Morgan fingerprint density at radius 1 is 1.11 bits per heavy atom. The van der Waals surface area contributed by atoms with Crippen LogP contribution in [-0.2, 0) is 14.8 Å². The Labute approximate surface area is 166 Å². The van der Waals surface area contributed by atoms with Gasteiger partial charge in [-0.2, -0.15) is 0 Å². The Morgan fingerprint density at radius 3 is 2.54 bits per heavy atom. The van der Waals surface area contributed by atoms with E-state index in [4.69, 9.17) is 4.42 Å². The van der Waals surface area contributed by atoms with E-state index in [9.17, 15) is 13.2 Å². The number of thioether (sulfide) groups is 1. The van der Waals surface area contributed by atoms with Crippen LogP contribution >= 0.6 is 11.8 Å². The molecule has 0 saturated heterocycles. The summed E-state index contributed by atoms with van der Waals surface area (Å²) in [5, 5.41) is 11.0. The highest BCUT2D eigenvalue weighted by atomic mass is 32.2. The molecule has 0 atom stereocenters. The molecule has 0 spiro atoms. The molecule has 0 bridgehead atoms. The van der Waals surface area contributed by atoms with Gasteiger partial charge in [0.15, 0.2) is 0 Å². The summed E-state index contributed by atoms with van der Waals surface area (Å²) in [5.74, 6) is 0.242. The van der Waals surface area contributed by atoms with Crippen LogP contribution in [0.4, 0.5) is 11.4 Å². The first-order chi connectivity index (χ1) is 13.3. The molecule has 0 aliphatic carbocycles. The largest absolute Gasteiger partial charge is 0.411 e. The van der Waals surface area contributed by atoms with Gasteiger partial charge >= 0.3 is 0 Å². The van der Waals surface area contributed by atoms with Crippen LogP contribution in [0.3, 0.4) is 0 Å². The van der Waals surface area contributed by atoms with Crippen molar-refractivity contribution in [1.82, 2.24) is 10.2 Å². The standard InChI is InChI=1S/C18H18N4O4S2/c1-12-4-3-5-15(10-12)19-16(23)11-27-18-21-20-17(26-18)13-6-8-14(9-7-13)22-28(2,24)25/h3-10,22H,11H2,1-2H3,(H,19,23). The van der Waals surface area contributed by atoms with E-state index < -0.39 is 10.0 Å². The predicted octanol–water partition coefficient (Wildman–Crippen LogP) is 3.15. The zero-order valence-corrected chi connectivity index (χ0v) is 16.8. The monoisotopic (exact) mass is 418 g/mol. The molecule has 28 heavy (non-hydrogen) atoms. The summed E-state index contributed by atoms with van der Waals surface area (Å²) in [7, 11) is -3.33. The number of benzene rings is 2. The number of nitrogens with one attached hydrogen (secondary N) is 2. The summed E-state index contributed by atoms with van der Waals surface area (Å²) in [6.07, 6.45) is 1.08. The third kappa shape index (κ3) is 5.83. The molecule has 146 valence electrons. The number of aryl methyl sites for hydroxylation is 1. The van der Waals surface area contributed by atoms with Crippen LogP contribution in [0.15, 0.2) is 58.2 Å². The van der Waals surface area contributed by atoms with Crippen molar-refractivity contribution in [2.45, 2.75) is 12.1 Å². The number of sulfonamides is 1. The first kappa shape index (κ1) is 19.9. The van der Waals surface area contributed by atoms with Crippen LogP contribution in [0.5, 0.6) is 0 Å². The number of aromatic nitrogens is 2.